The van der Waals surface area contributed by atoms with Gasteiger partial charge in [-0.05, 0) is 55.2 Å². The molecule has 1 aliphatic rings. The van der Waals surface area contributed by atoms with Crippen LogP contribution in [0, 0.1) is 18.7 Å². The second-order valence-corrected chi connectivity index (χ2v) is 8.36. The lowest BCUT2D eigenvalue weighted by atomic mass is 9.89. The van der Waals surface area contributed by atoms with Crippen molar-refractivity contribution in [2.45, 2.75) is 31.7 Å². The summed E-state index contributed by atoms with van der Waals surface area (Å²) in [7, 11) is 1.62. The highest BCUT2D eigenvalue weighted by molar-refractivity contribution is 6.22. The minimum atomic E-state index is -0.462. The Morgan fingerprint density at radius 3 is 2.71 bits per heavy atom. The topological polar surface area (TPSA) is 47.4 Å². The number of hydrogen-bond donors (Lipinski definition) is 0. The summed E-state index contributed by atoms with van der Waals surface area (Å²) >= 11 is 6.83. The first-order valence-electron chi connectivity index (χ1n) is 10.3. The van der Waals surface area contributed by atoms with E-state index in [0.717, 1.165) is 35.3 Å². The smallest absolute Gasteiger partial charge is 0.227 e. The van der Waals surface area contributed by atoms with Crippen molar-refractivity contribution in [2.24, 2.45) is 5.92 Å². The molecule has 1 saturated heterocycles. The average Bonchev–Trinajstić information content (AvgIpc) is 3.22. The molecule has 2 unspecified atom stereocenters. The second-order valence-electron chi connectivity index (χ2n) is 7.89. The lowest BCUT2D eigenvalue weighted by Gasteiger charge is -2.34. The maximum absolute atomic E-state index is 13.2. The van der Waals surface area contributed by atoms with E-state index >= 15 is 0 Å². The molecule has 5 nitrogen and oxygen atoms in total. The number of benzene rings is 2. The molecular weight excluding hydrogens is 417 g/mol. The maximum Gasteiger partial charge on any atom is 0.227 e. The van der Waals surface area contributed by atoms with E-state index in [0.29, 0.717) is 18.8 Å². The number of methoxy groups -OCH3 is 1. The molecule has 2 atom stereocenters. The van der Waals surface area contributed by atoms with E-state index in [4.69, 9.17) is 16.3 Å². The number of ether oxygens (including phenoxy) is 1. The highest BCUT2D eigenvalue weighted by atomic mass is 35.5. The van der Waals surface area contributed by atoms with E-state index in [1.165, 1.54) is 12.1 Å². The van der Waals surface area contributed by atoms with Crippen LogP contribution in [0.3, 0.4) is 0 Å². The number of imidazole rings is 1. The Kier molecular flexibility index (Phi) is 6.28. The van der Waals surface area contributed by atoms with E-state index in [1.807, 2.05) is 40.8 Å². The van der Waals surface area contributed by atoms with Crippen LogP contribution in [0.15, 0.2) is 55.0 Å². The van der Waals surface area contributed by atoms with Crippen molar-refractivity contribution in [2.75, 3.05) is 13.7 Å². The number of hydrogen-bond acceptors (Lipinski definition) is 3. The summed E-state index contributed by atoms with van der Waals surface area (Å²) in [5, 5.41) is -0.462. The highest BCUT2D eigenvalue weighted by Crippen LogP contribution is 2.38. The molecular formula is C24H25ClFN3O2. The van der Waals surface area contributed by atoms with E-state index in [2.05, 4.69) is 4.98 Å². The van der Waals surface area contributed by atoms with Gasteiger partial charge in [0.15, 0.2) is 0 Å². The van der Waals surface area contributed by atoms with Crippen LogP contribution >= 0.6 is 11.6 Å². The van der Waals surface area contributed by atoms with E-state index in [-0.39, 0.29) is 17.6 Å². The average molecular weight is 442 g/mol. The minimum Gasteiger partial charge on any atom is -0.495 e. The molecule has 0 radical (unpaired) electrons. The molecule has 0 aliphatic carbocycles. The van der Waals surface area contributed by atoms with Gasteiger partial charge >= 0.3 is 0 Å². The molecule has 0 spiro atoms. The fourth-order valence-electron chi connectivity index (χ4n) is 4.07. The number of amides is 1. The molecule has 0 N–H and O–H groups in total. The number of likely N-dealkylation sites (tertiary alicyclic amines) is 1. The third-order valence-electron chi connectivity index (χ3n) is 5.72. The van der Waals surface area contributed by atoms with Crippen molar-refractivity contribution < 1.29 is 13.9 Å². The first-order valence-corrected chi connectivity index (χ1v) is 10.8. The van der Waals surface area contributed by atoms with Gasteiger partial charge in [-0.1, -0.05) is 18.2 Å². The van der Waals surface area contributed by atoms with Crippen LogP contribution in [0.1, 0.15) is 35.0 Å². The first kappa shape index (κ1) is 21.4. The van der Waals surface area contributed by atoms with E-state index < -0.39 is 5.38 Å². The molecule has 1 amide bonds. The maximum atomic E-state index is 13.2. The van der Waals surface area contributed by atoms with Crippen molar-refractivity contribution >= 4 is 17.5 Å². The summed E-state index contributed by atoms with van der Waals surface area (Å²) in [6.07, 6.45) is 5.28. The summed E-state index contributed by atoms with van der Waals surface area (Å²) in [5.41, 5.74) is 3.53. The van der Waals surface area contributed by atoms with Crippen molar-refractivity contribution in [1.29, 1.82) is 0 Å². The summed E-state index contributed by atoms with van der Waals surface area (Å²) < 4.78 is 20.7. The van der Waals surface area contributed by atoms with Crippen LogP contribution in [0.2, 0.25) is 0 Å². The number of piperidine rings is 1. The van der Waals surface area contributed by atoms with Gasteiger partial charge in [0.25, 0.3) is 0 Å². The van der Waals surface area contributed by atoms with Crippen LogP contribution in [-0.2, 0) is 11.3 Å². The normalized spacial score (nSPS) is 17.6. The largest absolute Gasteiger partial charge is 0.495 e. The molecule has 4 rings (SSSR count). The predicted octanol–water partition coefficient (Wildman–Crippen LogP) is 5.05. The standard InChI is InChI=1S/C24H25ClFN3O2/c1-16-13-29(15-27-16)21-10-7-18(12-22(21)31-2)23(25)20-4-3-11-28(24(20)30)14-17-5-8-19(26)9-6-17/h5-10,12-13,15,20,23H,3-4,11,14H2,1-2H3. The number of aryl methyl sites for hydroxylation is 1. The number of alkyl halides is 1. The minimum absolute atomic E-state index is 0.0313. The molecule has 2 aromatic carbocycles. The van der Waals surface area contributed by atoms with Gasteiger partial charge in [-0.3, -0.25) is 4.79 Å². The second kappa shape index (κ2) is 9.10. The molecule has 1 aliphatic heterocycles. The van der Waals surface area contributed by atoms with Gasteiger partial charge in [-0.25, -0.2) is 9.37 Å². The Labute approximate surface area is 186 Å². The molecule has 2 heterocycles. The number of carbonyl (C=O) groups is 1. The zero-order chi connectivity index (χ0) is 22.0. The molecule has 0 saturated carbocycles. The van der Waals surface area contributed by atoms with Gasteiger partial charge < -0.3 is 14.2 Å². The SMILES string of the molecule is COc1cc(C(Cl)C2CCCN(Cc3ccc(F)cc3)C2=O)ccc1-n1cnc(C)c1. The highest BCUT2D eigenvalue weighted by Gasteiger charge is 2.35. The van der Waals surface area contributed by atoms with Crippen LogP contribution in [0.4, 0.5) is 4.39 Å². The zero-order valence-electron chi connectivity index (χ0n) is 17.6. The predicted molar refractivity (Wildman–Crippen MR) is 118 cm³/mol. The fourth-order valence-corrected chi connectivity index (χ4v) is 4.44. The number of carbonyl (C=O) groups excluding carboxylic acids is 1. The summed E-state index contributed by atoms with van der Waals surface area (Å²) in [6.45, 7) is 3.07. The van der Waals surface area contributed by atoms with Crippen LogP contribution in [0.25, 0.3) is 5.69 Å². The summed E-state index contributed by atoms with van der Waals surface area (Å²) in [6, 6.07) is 12.0. The number of rotatable bonds is 6. The molecule has 7 heteroatoms. The zero-order valence-corrected chi connectivity index (χ0v) is 18.3. The van der Waals surface area contributed by atoms with Crippen molar-refractivity contribution in [3.8, 4) is 11.4 Å². The lowest BCUT2D eigenvalue weighted by Crippen LogP contribution is -2.42. The summed E-state index contributed by atoms with van der Waals surface area (Å²) in [4.78, 5) is 19.3. The molecule has 0 bridgehead atoms. The number of halogens is 2. The van der Waals surface area contributed by atoms with Gasteiger partial charge in [0.1, 0.15) is 11.6 Å². The van der Waals surface area contributed by atoms with Crippen molar-refractivity contribution in [3.63, 3.8) is 0 Å². The van der Waals surface area contributed by atoms with E-state index in [9.17, 15) is 9.18 Å². The molecule has 31 heavy (non-hydrogen) atoms. The Morgan fingerprint density at radius 2 is 2.03 bits per heavy atom. The molecule has 1 aromatic heterocycles. The van der Waals surface area contributed by atoms with Gasteiger partial charge in [0.2, 0.25) is 5.91 Å². The van der Waals surface area contributed by atoms with Gasteiger partial charge in [-0.15, -0.1) is 11.6 Å². The first-order chi connectivity index (χ1) is 15.0. The third-order valence-corrected chi connectivity index (χ3v) is 6.28. The number of nitrogens with zero attached hydrogens (tertiary/aromatic N) is 3. The van der Waals surface area contributed by atoms with Crippen LogP contribution in [0.5, 0.6) is 5.75 Å². The Hall–Kier alpha value is -2.86. The van der Waals surface area contributed by atoms with Gasteiger partial charge in [-0.2, -0.15) is 0 Å². The Morgan fingerprint density at radius 1 is 1.26 bits per heavy atom. The quantitative estimate of drug-likeness (QED) is 0.503. The Balaban J connectivity index is 1.53. The summed E-state index contributed by atoms with van der Waals surface area (Å²) in [5.74, 6) is 0.105. The molecule has 3 aromatic rings. The van der Waals surface area contributed by atoms with Crippen molar-refractivity contribution in [3.05, 3.63) is 77.6 Å². The number of aromatic nitrogens is 2. The lowest BCUT2D eigenvalue weighted by molar-refractivity contribution is -0.139. The fraction of sp³-hybridized carbons (Fsp3) is 0.333. The van der Waals surface area contributed by atoms with Crippen LogP contribution in [-0.4, -0.2) is 34.0 Å². The van der Waals surface area contributed by atoms with Gasteiger partial charge in [0, 0.05) is 19.3 Å². The van der Waals surface area contributed by atoms with Crippen LogP contribution < -0.4 is 4.74 Å². The molecule has 162 valence electrons. The van der Waals surface area contributed by atoms with E-state index in [1.54, 1.807) is 25.6 Å². The van der Waals surface area contributed by atoms with Crippen molar-refractivity contribution in [1.82, 2.24) is 14.5 Å². The van der Waals surface area contributed by atoms with Gasteiger partial charge in [0.05, 0.1) is 36.1 Å². The monoisotopic (exact) mass is 441 g/mol. The molecule has 1 fully saturated rings. The third kappa shape index (κ3) is 4.59. The Bertz CT molecular complexity index is 1070.